The van der Waals surface area contributed by atoms with E-state index in [9.17, 15) is 0 Å². The average molecular weight is 234 g/mol. The summed E-state index contributed by atoms with van der Waals surface area (Å²) in [6.45, 7) is 0.738. The number of aromatic nitrogens is 3. The van der Waals surface area contributed by atoms with Crippen LogP contribution in [0.1, 0.15) is 5.69 Å². The van der Waals surface area contributed by atoms with Crippen molar-refractivity contribution in [2.24, 2.45) is 0 Å². The zero-order chi connectivity index (χ0) is 11.4. The first-order chi connectivity index (χ1) is 7.83. The van der Waals surface area contributed by atoms with Crippen molar-refractivity contribution in [3.8, 4) is 5.69 Å². The van der Waals surface area contributed by atoms with Gasteiger partial charge in [-0.05, 0) is 31.5 Å². The Labute approximate surface area is 99.1 Å². The fourth-order valence-corrected chi connectivity index (χ4v) is 1.89. The van der Waals surface area contributed by atoms with Gasteiger partial charge < -0.3 is 5.32 Å². The Kier molecular flexibility index (Phi) is 3.58. The first-order valence-electron chi connectivity index (χ1n) is 5.03. The fraction of sp³-hybridized carbons (Fsp3) is 0.273. The number of rotatable bonds is 4. The maximum absolute atomic E-state index is 4.10. The monoisotopic (exact) mass is 234 g/mol. The van der Waals surface area contributed by atoms with Gasteiger partial charge in [0.05, 0.1) is 17.6 Å². The summed E-state index contributed by atoms with van der Waals surface area (Å²) in [6.07, 6.45) is 4.00. The summed E-state index contributed by atoms with van der Waals surface area (Å²) >= 11 is 1.72. The molecule has 0 saturated carbocycles. The van der Waals surface area contributed by atoms with E-state index in [0.29, 0.717) is 0 Å². The molecule has 0 saturated heterocycles. The van der Waals surface area contributed by atoms with Gasteiger partial charge in [-0.2, -0.15) is 0 Å². The number of nitrogens with zero attached hydrogens (tertiary/aromatic N) is 3. The van der Waals surface area contributed by atoms with Gasteiger partial charge in [0, 0.05) is 11.4 Å². The molecule has 1 N–H and O–H groups in total. The predicted molar refractivity (Wildman–Crippen MR) is 65.9 cm³/mol. The fourth-order valence-electron chi connectivity index (χ4n) is 1.44. The van der Waals surface area contributed by atoms with E-state index in [2.05, 4.69) is 34.0 Å². The summed E-state index contributed by atoms with van der Waals surface area (Å²) in [5, 5.41) is 11.2. The van der Waals surface area contributed by atoms with E-state index in [0.717, 1.165) is 17.9 Å². The average Bonchev–Trinajstić information content (AvgIpc) is 2.78. The maximum Gasteiger partial charge on any atom is 0.0969 e. The molecule has 0 bridgehead atoms. The lowest BCUT2D eigenvalue weighted by Gasteiger charge is -2.01. The van der Waals surface area contributed by atoms with E-state index in [1.54, 1.807) is 16.4 Å². The summed E-state index contributed by atoms with van der Waals surface area (Å²) in [4.78, 5) is 1.23. The van der Waals surface area contributed by atoms with Gasteiger partial charge in [-0.1, -0.05) is 11.3 Å². The Balaban J connectivity index is 2.27. The van der Waals surface area contributed by atoms with E-state index >= 15 is 0 Å². The lowest BCUT2D eigenvalue weighted by molar-refractivity contribution is 0.766. The molecule has 5 heteroatoms. The van der Waals surface area contributed by atoms with E-state index < -0.39 is 0 Å². The molecule has 0 unspecified atom stereocenters. The van der Waals surface area contributed by atoms with Crippen LogP contribution in [0.3, 0.4) is 0 Å². The van der Waals surface area contributed by atoms with Crippen molar-refractivity contribution in [3.05, 3.63) is 36.2 Å². The highest BCUT2D eigenvalue weighted by Gasteiger charge is 2.02. The Morgan fingerprint density at radius 3 is 3.06 bits per heavy atom. The van der Waals surface area contributed by atoms with Crippen molar-refractivity contribution < 1.29 is 0 Å². The summed E-state index contributed by atoms with van der Waals surface area (Å²) < 4.78 is 1.80. The van der Waals surface area contributed by atoms with Crippen LogP contribution in [0.4, 0.5) is 0 Å². The molecule has 4 nitrogen and oxygen atoms in total. The van der Waals surface area contributed by atoms with Gasteiger partial charge in [0.15, 0.2) is 0 Å². The van der Waals surface area contributed by atoms with Gasteiger partial charge in [0.2, 0.25) is 0 Å². The van der Waals surface area contributed by atoms with Crippen LogP contribution in [0.25, 0.3) is 5.69 Å². The molecule has 0 atom stereocenters. The lowest BCUT2D eigenvalue weighted by atomic mass is 10.3. The molecule has 0 spiro atoms. The zero-order valence-corrected chi connectivity index (χ0v) is 10.2. The third-order valence-electron chi connectivity index (χ3n) is 2.22. The summed E-state index contributed by atoms with van der Waals surface area (Å²) in [7, 11) is 1.90. The van der Waals surface area contributed by atoms with Gasteiger partial charge in [-0.25, -0.2) is 4.68 Å². The third-order valence-corrected chi connectivity index (χ3v) is 2.94. The van der Waals surface area contributed by atoms with Crippen molar-refractivity contribution >= 4 is 11.8 Å². The van der Waals surface area contributed by atoms with Gasteiger partial charge in [-0.3, -0.25) is 0 Å². The van der Waals surface area contributed by atoms with Gasteiger partial charge in [0.25, 0.3) is 0 Å². The maximum atomic E-state index is 4.10. The Bertz CT molecular complexity index is 467. The molecule has 1 heterocycles. The van der Waals surface area contributed by atoms with Gasteiger partial charge in [0.1, 0.15) is 0 Å². The van der Waals surface area contributed by atoms with Crippen LogP contribution in [0.2, 0.25) is 0 Å². The highest BCUT2D eigenvalue weighted by atomic mass is 32.2. The molecule has 0 amide bonds. The number of thioether (sulfide) groups is 1. The second-order valence-electron chi connectivity index (χ2n) is 3.39. The van der Waals surface area contributed by atoms with Crippen LogP contribution in [0, 0.1) is 0 Å². The molecule has 0 aliphatic rings. The minimum Gasteiger partial charge on any atom is -0.314 e. The largest absolute Gasteiger partial charge is 0.314 e. The van der Waals surface area contributed by atoms with Crippen molar-refractivity contribution in [2.45, 2.75) is 11.4 Å². The van der Waals surface area contributed by atoms with Gasteiger partial charge >= 0.3 is 0 Å². The summed E-state index contributed by atoms with van der Waals surface area (Å²) in [5.74, 6) is 0. The number of benzene rings is 1. The van der Waals surface area contributed by atoms with Crippen molar-refractivity contribution in [3.63, 3.8) is 0 Å². The molecule has 1 aromatic heterocycles. The summed E-state index contributed by atoms with van der Waals surface area (Å²) in [5.41, 5.74) is 1.98. The Hall–Kier alpha value is -1.33. The Morgan fingerprint density at radius 2 is 2.31 bits per heavy atom. The standard InChI is InChI=1S/C11H14N4S/c1-12-7-9-8-15(14-13-9)10-4-3-5-11(6-10)16-2/h3-6,8,12H,7H2,1-2H3. The highest BCUT2D eigenvalue weighted by molar-refractivity contribution is 7.98. The quantitative estimate of drug-likeness (QED) is 0.818. The first kappa shape index (κ1) is 11.2. The summed E-state index contributed by atoms with van der Waals surface area (Å²) in [6, 6.07) is 8.24. The predicted octanol–water partition coefficient (Wildman–Crippen LogP) is 1.71. The minimum atomic E-state index is 0.738. The zero-order valence-electron chi connectivity index (χ0n) is 9.34. The minimum absolute atomic E-state index is 0.738. The second-order valence-corrected chi connectivity index (χ2v) is 4.27. The van der Waals surface area contributed by atoms with E-state index in [1.165, 1.54) is 4.90 Å². The van der Waals surface area contributed by atoms with Crippen LogP contribution in [0.5, 0.6) is 0 Å². The van der Waals surface area contributed by atoms with E-state index in [4.69, 9.17) is 0 Å². The van der Waals surface area contributed by atoms with Crippen LogP contribution in [0.15, 0.2) is 35.4 Å². The molecule has 1 aromatic carbocycles. The smallest absolute Gasteiger partial charge is 0.0969 e. The lowest BCUT2D eigenvalue weighted by Crippen LogP contribution is -2.04. The van der Waals surface area contributed by atoms with Crippen molar-refractivity contribution in [1.82, 2.24) is 20.3 Å². The molecular weight excluding hydrogens is 220 g/mol. The Morgan fingerprint density at radius 1 is 1.44 bits per heavy atom. The first-order valence-corrected chi connectivity index (χ1v) is 6.26. The second kappa shape index (κ2) is 5.14. The third kappa shape index (κ3) is 2.43. The van der Waals surface area contributed by atoms with Crippen molar-refractivity contribution in [2.75, 3.05) is 13.3 Å². The van der Waals surface area contributed by atoms with Crippen LogP contribution < -0.4 is 5.32 Å². The molecule has 0 aliphatic heterocycles. The SMILES string of the molecule is CNCc1cn(-c2cccc(SC)c2)nn1. The molecule has 2 rings (SSSR count). The molecule has 0 aliphatic carbocycles. The van der Waals surface area contributed by atoms with Crippen LogP contribution in [-0.2, 0) is 6.54 Å². The number of hydrogen-bond donors (Lipinski definition) is 1. The molecular formula is C11H14N4S. The number of hydrogen-bond acceptors (Lipinski definition) is 4. The highest BCUT2D eigenvalue weighted by Crippen LogP contribution is 2.17. The van der Waals surface area contributed by atoms with Crippen LogP contribution >= 0.6 is 11.8 Å². The van der Waals surface area contributed by atoms with Crippen LogP contribution in [-0.4, -0.2) is 28.3 Å². The molecule has 84 valence electrons. The normalized spacial score (nSPS) is 10.6. The van der Waals surface area contributed by atoms with E-state index in [1.807, 2.05) is 25.4 Å². The molecule has 0 fully saturated rings. The topological polar surface area (TPSA) is 42.7 Å². The molecule has 0 radical (unpaired) electrons. The molecule has 16 heavy (non-hydrogen) atoms. The van der Waals surface area contributed by atoms with E-state index in [-0.39, 0.29) is 0 Å². The van der Waals surface area contributed by atoms with Crippen molar-refractivity contribution in [1.29, 1.82) is 0 Å². The molecule has 2 aromatic rings. The number of nitrogens with one attached hydrogen (secondary N) is 1. The van der Waals surface area contributed by atoms with Gasteiger partial charge in [-0.15, -0.1) is 16.9 Å².